The Kier molecular flexibility index (Phi) is 4.69. The van der Waals surface area contributed by atoms with Crippen LogP contribution in [0.15, 0.2) is 54.6 Å². The monoisotopic (exact) mass is 315 g/mol. The van der Waals surface area contributed by atoms with Crippen LogP contribution in [0.4, 0.5) is 4.39 Å². The van der Waals surface area contributed by atoms with Crippen molar-refractivity contribution in [2.24, 2.45) is 0 Å². The summed E-state index contributed by atoms with van der Waals surface area (Å²) in [5.41, 5.74) is 1.49. The number of ether oxygens (including phenoxy) is 1. The summed E-state index contributed by atoms with van der Waals surface area (Å²) < 4.78 is 18.5. The fourth-order valence-corrected chi connectivity index (χ4v) is 2.67. The minimum atomic E-state index is -1.11. The zero-order valence-electron chi connectivity index (χ0n) is 12.6. The molecule has 1 N–H and O–H groups in total. The molecular weight excluding hydrogens is 297 g/mol. The van der Waals surface area contributed by atoms with E-state index in [9.17, 15) is 14.3 Å². The number of carbonyl (C=O) groups is 1. The van der Waals surface area contributed by atoms with Crippen molar-refractivity contribution in [1.29, 1.82) is 0 Å². The van der Waals surface area contributed by atoms with Gasteiger partial charge in [-0.25, -0.2) is 4.39 Å². The van der Waals surface area contributed by atoms with Crippen molar-refractivity contribution >= 4 is 5.91 Å². The van der Waals surface area contributed by atoms with E-state index in [0.717, 1.165) is 5.56 Å². The number of hydrogen-bond donors (Lipinski definition) is 1. The number of aliphatic hydroxyl groups is 1. The molecule has 1 heterocycles. The molecule has 1 fully saturated rings. The molecule has 0 radical (unpaired) electrons. The molecular formula is C18H18FNO3. The van der Waals surface area contributed by atoms with Gasteiger partial charge in [0.1, 0.15) is 11.9 Å². The minimum absolute atomic E-state index is 0.253. The van der Waals surface area contributed by atoms with Crippen molar-refractivity contribution in [3.05, 3.63) is 71.5 Å². The number of amides is 1. The zero-order chi connectivity index (χ0) is 16.2. The van der Waals surface area contributed by atoms with Gasteiger partial charge in [-0.05, 0) is 23.3 Å². The van der Waals surface area contributed by atoms with Gasteiger partial charge in [0, 0.05) is 13.1 Å². The first kappa shape index (κ1) is 15.6. The SMILES string of the molecule is O=C1[C@H]([C@H](O)c2ccc(F)cc2)OCCN1Cc1ccccc1. The van der Waals surface area contributed by atoms with Crippen molar-refractivity contribution in [1.82, 2.24) is 4.90 Å². The molecule has 2 aromatic carbocycles. The van der Waals surface area contributed by atoms with E-state index in [2.05, 4.69) is 0 Å². The van der Waals surface area contributed by atoms with Crippen LogP contribution in [0.3, 0.4) is 0 Å². The molecule has 120 valence electrons. The Balaban J connectivity index is 1.72. The zero-order valence-corrected chi connectivity index (χ0v) is 12.6. The summed E-state index contributed by atoms with van der Waals surface area (Å²) in [6, 6.07) is 15.1. The molecule has 2 atom stereocenters. The average molecular weight is 315 g/mol. The number of aliphatic hydroxyl groups excluding tert-OH is 1. The smallest absolute Gasteiger partial charge is 0.255 e. The topological polar surface area (TPSA) is 49.8 Å². The largest absolute Gasteiger partial charge is 0.385 e. The normalized spacial score (nSPS) is 19.7. The molecule has 3 rings (SSSR count). The molecule has 0 spiro atoms. The van der Waals surface area contributed by atoms with E-state index in [1.807, 2.05) is 30.3 Å². The number of rotatable bonds is 4. The van der Waals surface area contributed by atoms with Crippen molar-refractivity contribution in [2.45, 2.75) is 18.8 Å². The molecule has 4 nitrogen and oxygen atoms in total. The van der Waals surface area contributed by atoms with Crippen molar-refractivity contribution in [2.75, 3.05) is 13.2 Å². The fraction of sp³-hybridized carbons (Fsp3) is 0.278. The van der Waals surface area contributed by atoms with E-state index >= 15 is 0 Å². The standard InChI is InChI=1S/C18H18FNO3/c19-15-8-6-14(7-9-15)16(21)17-18(22)20(10-11-23-17)12-13-4-2-1-3-5-13/h1-9,16-17,21H,10-12H2/t16-,17+/m1/s1. The molecule has 5 heteroatoms. The predicted molar refractivity (Wildman–Crippen MR) is 83.0 cm³/mol. The predicted octanol–water partition coefficient (Wildman–Crippen LogP) is 2.29. The number of carbonyl (C=O) groups excluding carboxylic acids is 1. The average Bonchev–Trinajstić information content (AvgIpc) is 2.58. The molecule has 23 heavy (non-hydrogen) atoms. The molecule has 1 aliphatic heterocycles. The lowest BCUT2D eigenvalue weighted by Crippen LogP contribution is -2.49. The van der Waals surface area contributed by atoms with Crippen LogP contribution in [0.2, 0.25) is 0 Å². The van der Waals surface area contributed by atoms with Gasteiger partial charge in [-0.2, -0.15) is 0 Å². The van der Waals surface area contributed by atoms with Gasteiger partial charge < -0.3 is 14.7 Å². The molecule has 0 bridgehead atoms. The van der Waals surface area contributed by atoms with Crippen LogP contribution in [-0.4, -0.2) is 35.2 Å². The lowest BCUT2D eigenvalue weighted by molar-refractivity contribution is -0.164. The molecule has 1 amide bonds. The molecule has 0 unspecified atom stereocenters. The van der Waals surface area contributed by atoms with E-state index in [4.69, 9.17) is 4.74 Å². The van der Waals surface area contributed by atoms with Crippen molar-refractivity contribution < 1.29 is 19.0 Å². The summed E-state index contributed by atoms with van der Waals surface area (Å²) in [4.78, 5) is 14.3. The highest BCUT2D eigenvalue weighted by Crippen LogP contribution is 2.24. The van der Waals surface area contributed by atoms with Crippen molar-refractivity contribution in [3.8, 4) is 0 Å². The second kappa shape index (κ2) is 6.89. The lowest BCUT2D eigenvalue weighted by atomic mass is 10.0. The Hall–Kier alpha value is -2.24. The van der Waals surface area contributed by atoms with Crippen LogP contribution in [0.25, 0.3) is 0 Å². The first-order valence-corrected chi connectivity index (χ1v) is 7.53. The number of morpholine rings is 1. The molecule has 0 aliphatic carbocycles. The molecule has 2 aromatic rings. The highest BCUT2D eigenvalue weighted by Gasteiger charge is 2.35. The molecule has 1 saturated heterocycles. The van der Waals surface area contributed by atoms with Crippen LogP contribution in [0, 0.1) is 5.82 Å². The molecule has 0 aromatic heterocycles. The maximum Gasteiger partial charge on any atom is 0.255 e. The number of benzene rings is 2. The fourth-order valence-electron chi connectivity index (χ4n) is 2.67. The Morgan fingerprint density at radius 2 is 1.87 bits per heavy atom. The Morgan fingerprint density at radius 1 is 1.17 bits per heavy atom. The third-order valence-electron chi connectivity index (χ3n) is 3.93. The Bertz CT molecular complexity index is 660. The van der Waals surface area contributed by atoms with Gasteiger partial charge in [0.25, 0.3) is 5.91 Å². The summed E-state index contributed by atoms with van der Waals surface area (Å²) in [5, 5.41) is 10.4. The quantitative estimate of drug-likeness (QED) is 0.942. The number of halogens is 1. The van der Waals surface area contributed by atoms with Crippen LogP contribution in [0.1, 0.15) is 17.2 Å². The van der Waals surface area contributed by atoms with Crippen LogP contribution < -0.4 is 0 Å². The summed E-state index contributed by atoms with van der Waals surface area (Å²) in [5.74, 6) is -0.639. The van der Waals surface area contributed by atoms with E-state index in [0.29, 0.717) is 25.3 Å². The Morgan fingerprint density at radius 3 is 2.57 bits per heavy atom. The van der Waals surface area contributed by atoms with E-state index in [1.165, 1.54) is 24.3 Å². The summed E-state index contributed by atoms with van der Waals surface area (Å²) >= 11 is 0. The van der Waals surface area contributed by atoms with Gasteiger partial charge in [-0.1, -0.05) is 42.5 Å². The second-order valence-electron chi connectivity index (χ2n) is 5.53. The number of nitrogens with zero attached hydrogens (tertiary/aromatic N) is 1. The van der Waals surface area contributed by atoms with E-state index in [-0.39, 0.29) is 11.7 Å². The highest BCUT2D eigenvalue weighted by molar-refractivity contribution is 5.82. The third-order valence-corrected chi connectivity index (χ3v) is 3.93. The van der Waals surface area contributed by atoms with Gasteiger partial charge in [-0.3, -0.25) is 4.79 Å². The maximum atomic E-state index is 13.0. The van der Waals surface area contributed by atoms with E-state index < -0.39 is 12.2 Å². The second-order valence-corrected chi connectivity index (χ2v) is 5.53. The molecule has 0 saturated carbocycles. The van der Waals surface area contributed by atoms with Crippen molar-refractivity contribution in [3.63, 3.8) is 0 Å². The highest BCUT2D eigenvalue weighted by atomic mass is 19.1. The van der Waals surface area contributed by atoms with Gasteiger partial charge >= 0.3 is 0 Å². The number of hydrogen-bond acceptors (Lipinski definition) is 3. The Labute approximate surface area is 134 Å². The lowest BCUT2D eigenvalue weighted by Gasteiger charge is -2.34. The summed E-state index contributed by atoms with van der Waals surface area (Å²) in [6.07, 6.45) is -2.07. The minimum Gasteiger partial charge on any atom is -0.385 e. The van der Waals surface area contributed by atoms with Gasteiger partial charge in [0.15, 0.2) is 6.10 Å². The van der Waals surface area contributed by atoms with Crippen LogP contribution in [-0.2, 0) is 16.1 Å². The summed E-state index contributed by atoms with van der Waals surface area (Å²) in [6.45, 7) is 1.33. The first-order chi connectivity index (χ1) is 11.1. The molecule has 1 aliphatic rings. The van der Waals surface area contributed by atoms with Crippen LogP contribution in [0.5, 0.6) is 0 Å². The first-order valence-electron chi connectivity index (χ1n) is 7.53. The van der Waals surface area contributed by atoms with Crippen LogP contribution >= 0.6 is 0 Å². The van der Waals surface area contributed by atoms with E-state index in [1.54, 1.807) is 4.90 Å². The maximum absolute atomic E-state index is 13.0. The third kappa shape index (κ3) is 3.57. The van der Waals surface area contributed by atoms with Gasteiger partial charge in [0.05, 0.1) is 6.61 Å². The van der Waals surface area contributed by atoms with Gasteiger partial charge in [-0.15, -0.1) is 0 Å². The summed E-state index contributed by atoms with van der Waals surface area (Å²) in [7, 11) is 0. The van der Waals surface area contributed by atoms with Gasteiger partial charge in [0.2, 0.25) is 0 Å².